The quantitative estimate of drug-likeness (QED) is 0.525. The summed E-state index contributed by atoms with van der Waals surface area (Å²) in [4.78, 5) is 37.5. The van der Waals surface area contributed by atoms with Crippen molar-refractivity contribution in [1.29, 1.82) is 0 Å². The minimum atomic E-state index is -0.788. The van der Waals surface area contributed by atoms with Gasteiger partial charge in [0.1, 0.15) is 11.6 Å². The number of halogens is 1. The normalized spacial score (nSPS) is 14.0. The lowest BCUT2D eigenvalue weighted by atomic mass is 9.93. The average molecular weight is 454 g/mol. The summed E-state index contributed by atoms with van der Waals surface area (Å²) in [5.74, 6) is -1.87. The number of thiophene rings is 1. The van der Waals surface area contributed by atoms with Crippen molar-refractivity contribution < 1.29 is 23.2 Å². The number of furan rings is 1. The second-order valence-corrected chi connectivity index (χ2v) is 8.02. The second kappa shape index (κ2) is 9.15. The Hall–Kier alpha value is -3.79. The molecule has 10 heteroatoms. The highest BCUT2D eigenvalue weighted by molar-refractivity contribution is 7.12. The van der Waals surface area contributed by atoms with Crippen molar-refractivity contribution in [2.75, 3.05) is 0 Å². The van der Waals surface area contributed by atoms with E-state index < -0.39 is 17.6 Å². The zero-order chi connectivity index (χ0) is 22.7. The Bertz CT molecular complexity index is 1220. The molecule has 3 amide bonds. The van der Waals surface area contributed by atoms with Crippen LogP contribution in [0.4, 0.5) is 4.39 Å². The number of carbonyl (C=O) groups excluding carboxylic acids is 3. The highest BCUT2D eigenvalue weighted by Gasteiger charge is 2.28. The van der Waals surface area contributed by atoms with Gasteiger partial charge < -0.3 is 4.42 Å². The van der Waals surface area contributed by atoms with Gasteiger partial charge in [0.05, 0.1) is 16.2 Å². The number of aryl methyl sites for hydroxylation is 1. The van der Waals surface area contributed by atoms with Crippen molar-refractivity contribution in [2.24, 2.45) is 5.10 Å². The van der Waals surface area contributed by atoms with Gasteiger partial charge >= 0.3 is 5.91 Å². The Morgan fingerprint density at radius 1 is 1.03 bits per heavy atom. The van der Waals surface area contributed by atoms with Crippen molar-refractivity contribution in [3.05, 3.63) is 80.7 Å². The maximum absolute atomic E-state index is 13.7. The molecule has 0 radical (unpaired) electrons. The summed E-state index contributed by atoms with van der Waals surface area (Å²) in [6.07, 6.45) is 1.98. The third kappa shape index (κ3) is 4.30. The highest BCUT2D eigenvalue weighted by Crippen LogP contribution is 2.29. The second-order valence-electron chi connectivity index (χ2n) is 7.07. The fraction of sp³-hybridized carbons (Fsp3) is 0.182. The molecule has 3 aromatic rings. The molecule has 1 aromatic carbocycles. The third-order valence-electron chi connectivity index (χ3n) is 4.98. The number of hydrazone groups is 1. The first-order chi connectivity index (χ1) is 15.5. The van der Waals surface area contributed by atoms with E-state index in [1.165, 1.54) is 29.5 Å². The fourth-order valence-corrected chi connectivity index (χ4v) is 4.07. The maximum atomic E-state index is 13.7. The number of rotatable bonds is 4. The van der Waals surface area contributed by atoms with Crippen LogP contribution in [0.1, 0.15) is 60.3 Å². The van der Waals surface area contributed by atoms with Gasteiger partial charge in [-0.05, 0) is 43.3 Å². The summed E-state index contributed by atoms with van der Waals surface area (Å²) in [6, 6.07) is 8.92. The molecule has 32 heavy (non-hydrogen) atoms. The molecule has 0 saturated heterocycles. The molecule has 4 rings (SSSR count). The van der Waals surface area contributed by atoms with E-state index >= 15 is 0 Å². The summed E-state index contributed by atoms with van der Waals surface area (Å²) in [6.45, 7) is 1.71. The Balaban J connectivity index is 1.49. The summed E-state index contributed by atoms with van der Waals surface area (Å²) in [7, 11) is 0. The Morgan fingerprint density at radius 2 is 1.81 bits per heavy atom. The molecule has 0 fully saturated rings. The van der Waals surface area contributed by atoms with Crippen LogP contribution in [0.15, 0.2) is 51.3 Å². The average Bonchev–Trinajstić information content (AvgIpc) is 3.45. The molecular weight excluding hydrogens is 435 g/mol. The van der Waals surface area contributed by atoms with E-state index in [1.807, 2.05) is 0 Å². The van der Waals surface area contributed by atoms with Crippen LogP contribution in [0.25, 0.3) is 0 Å². The van der Waals surface area contributed by atoms with Crippen molar-refractivity contribution >= 4 is 34.8 Å². The van der Waals surface area contributed by atoms with E-state index in [4.69, 9.17) is 4.42 Å². The number of hydrogen-bond acceptors (Lipinski definition) is 6. The lowest BCUT2D eigenvalue weighted by Crippen LogP contribution is -2.42. The minimum Gasteiger partial charge on any atom is -0.455 e. The molecule has 0 unspecified atom stereocenters. The summed E-state index contributed by atoms with van der Waals surface area (Å²) in [5, 5.41) is 6.06. The molecule has 0 saturated carbocycles. The molecule has 0 atom stereocenters. The number of fused-ring (bicyclic) bond motifs is 1. The maximum Gasteiger partial charge on any atom is 0.305 e. The highest BCUT2D eigenvalue weighted by atomic mass is 32.1. The third-order valence-corrected chi connectivity index (χ3v) is 5.85. The van der Waals surface area contributed by atoms with Crippen LogP contribution in [-0.2, 0) is 6.42 Å². The van der Waals surface area contributed by atoms with Crippen LogP contribution < -0.4 is 16.3 Å². The molecule has 8 nitrogen and oxygen atoms in total. The van der Waals surface area contributed by atoms with E-state index in [1.54, 1.807) is 24.4 Å². The molecule has 0 spiro atoms. The SMILES string of the molecule is Cc1c(C(=O)NNC(=O)c2ccccc2F)oc2c1/C(=N/NC(=O)c1cccs1)CCC2. The van der Waals surface area contributed by atoms with Crippen molar-refractivity contribution in [3.63, 3.8) is 0 Å². The predicted octanol–water partition coefficient (Wildman–Crippen LogP) is 3.33. The Labute approximate surface area is 186 Å². The van der Waals surface area contributed by atoms with Crippen molar-refractivity contribution in [1.82, 2.24) is 16.3 Å². The van der Waals surface area contributed by atoms with Crippen LogP contribution in [0, 0.1) is 12.7 Å². The lowest BCUT2D eigenvalue weighted by molar-refractivity contribution is 0.0827. The van der Waals surface area contributed by atoms with Gasteiger partial charge in [0.15, 0.2) is 5.76 Å². The topological polar surface area (TPSA) is 113 Å². The van der Waals surface area contributed by atoms with E-state index in [0.29, 0.717) is 40.3 Å². The monoisotopic (exact) mass is 454 g/mol. The molecule has 2 heterocycles. The van der Waals surface area contributed by atoms with E-state index in [2.05, 4.69) is 21.4 Å². The summed E-state index contributed by atoms with van der Waals surface area (Å²) in [5.41, 5.74) is 8.63. The largest absolute Gasteiger partial charge is 0.455 e. The summed E-state index contributed by atoms with van der Waals surface area (Å²) >= 11 is 1.31. The van der Waals surface area contributed by atoms with Gasteiger partial charge in [0.25, 0.3) is 11.8 Å². The number of nitrogens with zero attached hydrogens (tertiary/aromatic N) is 1. The van der Waals surface area contributed by atoms with Gasteiger partial charge in [-0.3, -0.25) is 25.2 Å². The zero-order valence-corrected chi connectivity index (χ0v) is 17.8. The van der Waals surface area contributed by atoms with Gasteiger partial charge in [0, 0.05) is 17.5 Å². The summed E-state index contributed by atoms with van der Waals surface area (Å²) < 4.78 is 19.5. The fourth-order valence-electron chi connectivity index (χ4n) is 3.46. The lowest BCUT2D eigenvalue weighted by Gasteiger charge is -2.13. The smallest absolute Gasteiger partial charge is 0.305 e. The van der Waals surface area contributed by atoms with Gasteiger partial charge in [-0.2, -0.15) is 5.10 Å². The number of hydrazine groups is 1. The number of carbonyl (C=O) groups is 3. The van der Waals surface area contributed by atoms with Crippen molar-refractivity contribution in [3.8, 4) is 0 Å². The molecule has 164 valence electrons. The van der Waals surface area contributed by atoms with Gasteiger partial charge in [-0.25, -0.2) is 9.82 Å². The Kier molecular flexibility index (Phi) is 6.13. The van der Waals surface area contributed by atoms with Gasteiger partial charge in [-0.1, -0.05) is 18.2 Å². The van der Waals surface area contributed by atoms with Crippen LogP contribution in [0.3, 0.4) is 0 Å². The number of amides is 3. The number of hydrogen-bond donors (Lipinski definition) is 3. The van der Waals surface area contributed by atoms with E-state index in [9.17, 15) is 18.8 Å². The Morgan fingerprint density at radius 3 is 2.56 bits per heavy atom. The number of benzene rings is 1. The molecule has 2 aromatic heterocycles. The van der Waals surface area contributed by atoms with Crippen LogP contribution >= 0.6 is 11.3 Å². The molecule has 1 aliphatic rings. The van der Waals surface area contributed by atoms with Gasteiger partial charge in [-0.15, -0.1) is 11.3 Å². The predicted molar refractivity (Wildman–Crippen MR) is 116 cm³/mol. The standard InChI is InChI=1S/C22H19FN4O4S/c1-12-18-15(24-26-21(29)17-10-5-11-32-17)8-4-9-16(18)31-19(12)22(30)27-25-20(28)13-6-2-3-7-14(13)23/h2-3,5-7,10-11H,4,8-9H2,1H3,(H,25,28)(H,26,29)(H,27,30)/b24-15+. The molecule has 0 bridgehead atoms. The van der Waals surface area contributed by atoms with Gasteiger partial charge in [0.2, 0.25) is 0 Å². The van der Waals surface area contributed by atoms with Crippen LogP contribution in [0.5, 0.6) is 0 Å². The van der Waals surface area contributed by atoms with Crippen LogP contribution in [0.2, 0.25) is 0 Å². The number of nitrogens with one attached hydrogen (secondary N) is 3. The van der Waals surface area contributed by atoms with Crippen molar-refractivity contribution in [2.45, 2.75) is 26.2 Å². The van der Waals surface area contributed by atoms with E-state index in [0.717, 1.165) is 12.5 Å². The van der Waals surface area contributed by atoms with Crippen LogP contribution in [-0.4, -0.2) is 23.4 Å². The first-order valence-corrected chi connectivity index (χ1v) is 10.7. The molecule has 1 aliphatic carbocycles. The minimum absolute atomic E-state index is 0.0167. The molecule has 3 N–H and O–H groups in total. The molecular formula is C22H19FN4O4S. The first-order valence-electron chi connectivity index (χ1n) is 9.84. The zero-order valence-electron chi connectivity index (χ0n) is 17.0. The molecule has 0 aliphatic heterocycles. The first kappa shape index (κ1) is 21.4. The van der Waals surface area contributed by atoms with E-state index in [-0.39, 0.29) is 17.2 Å².